The highest BCUT2D eigenvalue weighted by Crippen LogP contribution is 2.34. The standard InChI is InChI=1S/2C19H24N2O2.C4H11N/c2*1-11(2)9-16-15(10-20)18(14-7-5-12(3)6-8-14)17(19(22)23)13(4)21-16;1-4(2,3)5/h2*5-8,11H,9-10,20H2,1-4H3,(H,22,23);5H2,1-3H3. The summed E-state index contributed by atoms with van der Waals surface area (Å²) in [5.74, 6) is -1.07. The second-order valence-corrected chi connectivity index (χ2v) is 15.1. The number of aryl methyl sites for hydroxylation is 4. The molecular weight excluding hydrogens is 638 g/mol. The van der Waals surface area contributed by atoms with E-state index in [-0.39, 0.29) is 29.8 Å². The van der Waals surface area contributed by atoms with Gasteiger partial charge in [0.1, 0.15) is 0 Å². The maximum atomic E-state index is 11.8. The fourth-order valence-corrected chi connectivity index (χ4v) is 5.76. The largest absolute Gasteiger partial charge is 0.478 e. The normalized spacial score (nSPS) is 11.1. The molecule has 0 saturated carbocycles. The predicted octanol–water partition coefficient (Wildman–Crippen LogP) is 8.19. The number of benzene rings is 2. The highest BCUT2D eigenvalue weighted by atomic mass is 16.4. The average molecular weight is 698 g/mol. The Morgan fingerprint density at radius 3 is 1.12 bits per heavy atom. The topological polar surface area (TPSA) is 178 Å². The van der Waals surface area contributed by atoms with Crippen LogP contribution >= 0.6 is 0 Å². The summed E-state index contributed by atoms with van der Waals surface area (Å²) >= 11 is 0. The number of carboxylic acids is 2. The second kappa shape index (κ2) is 18.7. The minimum Gasteiger partial charge on any atom is -0.478 e. The Morgan fingerprint density at radius 1 is 0.627 bits per heavy atom. The molecule has 9 heteroatoms. The number of hydrogen-bond acceptors (Lipinski definition) is 7. The molecule has 0 spiro atoms. The van der Waals surface area contributed by atoms with Gasteiger partial charge in [0.25, 0.3) is 0 Å². The third-order valence-corrected chi connectivity index (χ3v) is 7.85. The summed E-state index contributed by atoms with van der Waals surface area (Å²) < 4.78 is 0. The molecule has 0 unspecified atom stereocenters. The van der Waals surface area contributed by atoms with E-state index in [4.69, 9.17) is 17.2 Å². The first-order valence-electron chi connectivity index (χ1n) is 17.5. The van der Waals surface area contributed by atoms with Gasteiger partial charge in [-0.05, 0) is 95.4 Å². The molecule has 2 aromatic carbocycles. The summed E-state index contributed by atoms with van der Waals surface area (Å²) in [6, 6.07) is 15.8. The Labute approximate surface area is 304 Å². The summed E-state index contributed by atoms with van der Waals surface area (Å²) in [4.78, 5) is 32.7. The van der Waals surface area contributed by atoms with E-state index in [9.17, 15) is 19.8 Å². The van der Waals surface area contributed by atoms with Crippen LogP contribution in [0.5, 0.6) is 0 Å². The first-order chi connectivity index (χ1) is 23.7. The zero-order chi connectivity index (χ0) is 38.8. The third-order valence-electron chi connectivity index (χ3n) is 7.85. The van der Waals surface area contributed by atoms with Crippen molar-refractivity contribution in [1.29, 1.82) is 0 Å². The van der Waals surface area contributed by atoms with Gasteiger partial charge in [-0.3, -0.25) is 9.97 Å². The van der Waals surface area contributed by atoms with Gasteiger partial charge in [-0.25, -0.2) is 9.59 Å². The smallest absolute Gasteiger partial charge is 0.338 e. The van der Waals surface area contributed by atoms with E-state index in [1.165, 1.54) is 0 Å². The van der Waals surface area contributed by atoms with E-state index < -0.39 is 11.9 Å². The molecule has 51 heavy (non-hydrogen) atoms. The van der Waals surface area contributed by atoms with Gasteiger partial charge in [-0.15, -0.1) is 0 Å². The second-order valence-electron chi connectivity index (χ2n) is 15.1. The van der Waals surface area contributed by atoms with Crippen LogP contribution in [0.2, 0.25) is 0 Å². The number of carbonyl (C=O) groups is 2. The van der Waals surface area contributed by atoms with Crippen LogP contribution in [0.4, 0.5) is 0 Å². The van der Waals surface area contributed by atoms with Gasteiger partial charge in [0.2, 0.25) is 0 Å². The molecule has 0 radical (unpaired) electrons. The Kier molecular flexibility index (Phi) is 15.7. The van der Waals surface area contributed by atoms with E-state index in [1.54, 1.807) is 13.8 Å². The predicted molar refractivity (Wildman–Crippen MR) is 209 cm³/mol. The minimum atomic E-state index is -0.962. The molecule has 0 aliphatic carbocycles. The van der Waals surface area contributed by atoms with Crippen LogP contribution < -0.4 is 17.2 Å². The van der Waals surface area contributed by atoms with Crippen molar-refractivity contribution < 1.29 is 19.8 Å². The number of hydrogen-bond donors (Lipinski definition) is 5. The highest BCUT2D eigenvalue weighted by Gasteiger charge is 2.24. The quantitative estimate of drug-likeness (QED) is 0.109. The molecule has 9 nitrogen and oxygen atoms in total. The van der Waals surface area contributed by atoms with Crippen LogP contribution in [-0.4, -0.2) is 37.7 Å². The summed E-state index contributed by atoms with van der Waals surface area (Å²) in [6.07, 6.45) is 1.57. The summed E-state index contributed by atoms with van der Waals surface area (Å²) in [5.41, 5.74) is 27.8. The van der Waals surface area contributed by atoms with Crippen molar-refractivity contribution in [1.82, 2.24) is 9.97 Å². The molecule has 0 saturated heterocycles. The van der Waals surface area contributed by atoms with Crippen molar-refractivity contribution in [3.8, 4) is 22.3 Å². The number of nitrogens with two attached hydrogens (primary N) is 3. The lowest BCUT2D eigenvalue weighted by molar-refractivity contribution is 0.0685. The first-order valence-corrected chi connectivity index (χ1v) is 17.5. The Hall–Kier alpha value is -4.44. The molecule has 4 aromatic rings. The molecule has 0 amide bonds. The maximum absolute atomic E-state index is 11.8. The van der Waals surface area contributed by atoms with E-state index in [1.807, 2.05) is 83.1 Å². The van der Waals surface area contributed by atoms with E-state index in [2.05, 4.69) is 37.7 Å². The van der Waals surface area contributed by atoms with Crippen molar-refractivity contribution in [2.45, 2.75) is 108 Å². The van der Waals surface area contributed by atoms with E-state index in [0.29, 0.717) is 34.4 Å². The summed E-state index contributed by atoms with van der Waals surface area (Å²) in [7, 11) is 0. The van der Waals surface area contributed by atoms with Crippen LogP contribution in [0.3, 0.4) is 0 Å². The number of pyridine rings is 2. The monoisotopic (exact) mass is 697 g/mol. The van der Waals surface area contributed by atoms with Crippen molar-refractivity contribution >= 4 is 11.9 Å². The number of nitrogens with zero attached hydrogens (tertiary/aromatic N) is 2. The van der Waals surface area contributed by atoms with Crippen molar-refractivity contribution in [2.24, 2.45) is 29.0 Å². The molecule has 0 atom stereocenters. The van der Waals surface area contributed by atoms with E-state index in [0.717, 1.165) is 57.6 Å². The fourth-order valence-electron chi connectivity index (χ4n) is 5.76. The molecular formula is C42H59N5O4. The van der Waals surface area contributed by atoms with Crippen LogP contribution in [0.15, 0.2) is 48.5 Å². The van der Waals surface area contributed by atoms with Crippen molar-refractivity contribution in [3.63, 3.8) is 0 Å². The van der Waals surface area contributed by atoms with Gasteiger partial charge >= 0.3 is 11.9 Å². The average Bonchev–Trinajstić information content (AvgIpc) is 3.00. The van der Waals surface area contributed by atoms with Crippen molar-refractivity contribution in [3.05, 3.63) is 105 Å². The van der Waals surface area contributed by atoms with Crippen molar-refractivity contribution in [2.75, 3.05) is 0 Å². The lowest BCUT2D eigenvalue weighted by atomic mass is 9.90. The third kappa shape index (κ3) is 12.4. The lowest BCUT2D eigenvalue weighted by Crippen LogP contribution is -2.26. The molecule has 0 fully saturated rings. The van der Waals surface area contributed by atoms with Crippen LogP contribution in [0, 0.1) is 39.5 Å². The van der Waals surface area contributed by atoms with Gasteiger partial charge in [0.15, 0.2) is 0 Å². The fraction of sp³-hybridized carbons (Fsp3) is 0.429. The van der Waals surface area contributed by atoms with Crippen LogP contribution in [-0.2, 0) is 25.9 Å². The molecule has 0 aliphatic rings. The zero-order valence-electron chi connectivity index (χ0n) is 32.4. The van der Waals surface area contributed by atoms with Crippen LogP contribution in [0.1, 0.15) is 114 Å². The maximum Gasteiger partial charge on any atom is 0.338 e. The molecule has 2 aromatic heterocycles. The number of carboxylic acid groups (broad SMARTS) is 2. The molecule has 0 bridgehead atoms. The van der Waals surface area contributed by atoms with E-state index >= 15 is 0 Å². The van der Waals surface area contributed by atoms with Gasteiger partial charge in [-0.1, -0.05) is 87.4 Å². The highest BCUT2D eigenvalue weighted by molar-refractivity contribution is 5.99. The lowest BCUT2D eigenvalue weighted by Gasteiger charge is -2.19. The van der Waals surface area contributed by atoms with Crippen LogP contribution in [0.25, 0.3) is 22.3 Å². The number of rotatable bonds is 10. The molecule has 4 rings (SSSR count). The number of aromatic nitrogens is 2. The molecule has 276 valence electrons. The summed E-state index contributed by atoms with van der Waals surface area (Å²) in [5, 5.41) is 19.3. The Bertz CT molecular complexity index is 1660. The minimum absolute atomic E-state index is 0. The Balaban J connectivity index is 0.000000312. The van der Waals surface area contributed by atoms with Gasteiger partial charge in [0.05, 0.1) is 22.5 Å². The zero-order valence-corrected chi connectivity index (χ0v) is 32.4. The first kappa shape index (κ1) is 42.7. The SMILES string of the molecule is CC(C)(C)N.Cc1ccc(-c2c(CN)c(CC(C)C)nc(C)c2C(=O)O)cc1.Cc1ccc(-c2c(CN)c(CC(C)C)nc(C)c2C(=O)O)cc1. The summed E-state index contributed by atoms with van der Waals surface area (Å²) in [6.45, 7) is 22.5. The van der Waals surface area contributed by atoms with Gasteiger partial charge in [0, 0.05) is 41.1 Å². The molecule has 2 heterocycles. The molecule has 8 N–H and O–H groups in total. The molecule has 0 aliphatic heterocycles. The van der Waals surface area contributed by atoms with Gasteiger partial charge < -0.3 is 27.4 Å². The van der Waals surface area contributed by atoms with Gasteiger partial charge in [-0.2, -0.15) is 0 Å². The Morgan fingerprint density at radius 2 is 0.902 bits per heavy atom. The number of aromatic carboxylic acids is 2.